The van der Waals surface area contributed by atoms with Gasteiger partial charge in [-0.05, 0) is 80.1 Å². The number of aromatic nitrogens is 3. The monoisotopic (exact) mass is 549 g/mol. The molecule has 1 atom stereocenters. The number of aryl methyl sites for hydroxylation is 1. The number of pyridine rings is 1. The molecule has 2 aromatic carbocycles. The van der Waals surface area contributed by atoms with Crippen LogP contribution in [0.25, 0.3) is 16.8 Å². The molecule has 1 unspecified atom stereocenters. The van der Waals surface area contributed by atoms with Crippen LogP contribution in [0.2, 0.25) is 0 Å². The van der Waals surface area contributed by atoms with E-state index in [0.717, 1.165) is 12.0 Å². The van der Waals surface area contributed by atoms with Crippen molar-refractivity contribution >= 4 is 22.7 Å². The average Bonchev–Trinajstić information content (AvgIpc) is 3.31. The first-order valence-electron chi connectivity index (χ1n) is 12.8. The number of benzene rings is 2. The Morgan fingerprint density at radius 3 is 2.66 bits per heavy atom. The molecule has 1 aliphatic carbocycles. The Morgan fingerprint density at radius 1 is 1.12 bits per heavy atom. The largest absolute Gasteiger partial charge is 0.442 e. The van der Waals surface area contributed by atoms with Crippen molar-refractivity contribution in [2.45, 2.75) is 19.3 Å². The van der Waals surface area contributed by atoms with Crippen molar-refractivity contribution in [2.75, 3.05) is 5.32 Å². The summed E-state index contributed by atoms with van der Waals surface area (Å²) in [6.07, 6.45) is 9.53. The zero-order valence-electron chi connectivity index (χ0n) is 21.9. The maximum Gasteiger partial charge on any atom is 0.267 e. The normalized spacial score (nSPS) is 14.6. The third-order valence-electron chi connectivity index (χ3n) is 6.76. The van der Waals surface area contributed by atoms with Crippen LogP contribution in [0.15, 0.2) is 106 Å². The number of carbonyl (C=O) groups is 1. The molecule has 0 aliphatic heterocycles. The molecule has 0 fully saturated rings. The highest BCUT2D eigenvalue weighted by Crippen LogP contribution is 2.40. The first-order valence-corrected chi connectivity index (χ1v) is 12.8. The van der Waals surface area contributed by atoms with E-state index in [1.165, 1.54) is 47.4 Å². The van der Waals surface area contributed by atoms with E-state index >= 15 is 0 Å². The number of anilines is 1. The maximum atomic E-state index is 13.3. The minimum Gasteiger partial charge on any atom is -0.442 e. The number of nitrogens with one attached hydrogen (secondary N) is 1. The smallest absolute Gasteiger partial charge is 0.267 e. The Kier molecular flexibility index (Phi) is 6.64. The first kappa shape index (κ1) is 25.8. The molecule has 5 aromatic rings. The van der Waals surface area contributed by atoms with Gasteiger partial charge in [-0.15, -0.1) is 0 Å². The van der Waals surface area contributed by atoms with Crippen LogP contribution < -0.4 is 21.3 Å². The number of ether oxygens (including phenoxy) is 1. The third-order valence-corrected chi connectivity index (χ3v) is 6.76. The van der Waals surface area contributed by atoms with Gasteiger partial charge in [0.2, 0.25) is 11.6 Å². The van der Waals surface area contributed by atoms with Gasteiger partial charge in [-0.25, -0.2) is 14.4 Å². The van der Waals surface area contributed by atoms with Crippen molar-refractivity contribution in [1.29, 1.82) is 0 Å². The summed E-state index contributed by atoms with van der Waals surface area (Å²) in [5.41, 5.74) is 8.37. The number of nitrogens with zero attached hydrogens (tertiary/aromatic N) is 3. The van der Waals surface area contributed by atoms with Crippen LogP contribution in [0.3, 0.4) is 0 Å². The van der Waals surface area contributed by atoms with Crippen molar-refractivity contribution in [3.8, 4) is 17.3 Å². The van der Waals surface area contributed by atoms with Gasteiger partial charge >= 0.3 is 0 Å². The van der Waals surface area contributed by atoms with Crippen LogP contribution in [0.5, 0.6) is 11.6 Å². The molecule has 3 aromatic heterocycles. The van der Waals surface area contributed by atoms with E-state index in [1.54, 1.807) is 30.3 Å². The van der Waals surface area contributed by atoms with Crippen molar-refractivity contribution in [3.63, 3.8) is 0 Å². The number of amides is 1. The molecule has 0 spiro atoms. The van der Waals surface area contributed by atoms with Crippen LogP contribution in [-0.2, 0) is 0 Å². The molecule has 0 saturated carbocycles. The van der Waals surface area contributed by atoms with Gasteiger partial charge in [0.15, 0.2) is 0 Å². The fourth-order valence-electron chi connectivity index (χ4n) is 4.86. The molecule has 3 heterocycles. The minimum absolute atomic E-state index is 0.00202. The molecule has 1 amide bonds. The van der Waals surface area contributed by atoms with Gasteiger partial charge in [-0.1, -0.05) is 12.2 Å². The number of fused-ring (bicyclic) bond motifs is 1. The summed E-state index contributed by atoms with van der Waals surface area (Å²) in [6, 6.07) is 15.1. The second-order valence-electron chi connectivity index (χ2n) is 9.50. The molecular weight excluding hydrogens is 525 g/mol. The van der Waals surface area contributed by atoms with Gasteiger partial charge in [0.25, 0.3) is 11.5 Å². The predicted molar refractivity (Wildman–Crippen MR) is 152 cm³/mol. The first-order chi connectivity index (χ1) is 19.9. The lowest BCUT2D eigenvalue weighted by Gasteiger charge is -2.15. The zero-order valence-corrected chi connectivity index (χ0v) is 21.9. The number of carbonyl (C=O) groups excluding carboxylic acids is 1. The highest BCUT2D eigenvalue weighted by atomic mass is 19.1. The van der Waals surface area contributed by atoms with Crippen molar-refractivity contribution in [1.82, 2.24) is 14.5 Å². The Balaban J connectivity index is 1.22. The molecule has 0 bridgehead atoms. The van der Waals surface area contributed by atoms with Crippen LogP contribution in [0.1, 0.15) is 34.0 Å². The van der Waals surface area contributed by atoms with E-state index in [1.807, 2.05) is 25.2 Å². The Bertz CT molecular complexity index is 1890. The molecule has 10 heteroatoms. The lowest BCUT2D eigenvalue weighted by atomic mass is 9.90. The van der Waals surface area contributed by atoms with Crippen LogP contribution in [0.4, 0.5) is 10.1 Å². The lowest BCUT2D eigenvalue weighted by Crippen LogP contribution is -2.27. The van der Waals surface area contributed by atoms with Crippen LogP contribution in [-0.4, -0.2) is 20.4 Å². The molecule has 3 N–H and O–H groups in total. The van der Waals surface area contributed by atoms with E-state index in [2.05, 4.69) is 15.3 Å². The zero-order chi connectivity index (χ0) is 28.5. The van der Waals surface area contributed by atoms with Gasteiger partial charge in [0.05, 0.1) is 0 Å². The third kappa shape index (κ3) is 5.10. The Labute approximate surface area is 233 Å². The number of hydrogen-bond donors (Lipinski definition) is 2. The summed E-state index contributed by atoms with van der Waals surface area (Å²) in [7, 11) is 0. The topological polar surface area (TPSA) is 125 Å². The highest BCUT2D eigenvalue weighted by Gasteiger charge is 2.25. The summed E-state index contributed by atoms with van der Waals surface area (Å²) in [6.45, 7) is 1.88. The van der Waals surface area contributed by atoms with Crippen LogP contribution >= 0.6 is 0 Å². The molecule has 0 saturated heterocycles. The summed E-state index contributed by atoms with van der Waals surface area (Å²) in [5, 5.41) is 3.41. The second-order valence-corrected chi connectivity index (χ2v) is 9.50. The number of furan rings is 1. The van der Waals surface area contributed by atoms with Gasteiger partial charge in [-0.2, -0.15) is 0 Å². The Hall–Kier alpha value is -5.51. The molecule has 9 nitrogen and oxygen atoms in total. The van der Waals surface area contributed by atoms with E-state index < -0.39 is 17.3 Å². The van der Waals surface area contributed by atoms with Crippen molar-refractivity contribution in [3.05, 3.63) is 130 Å². The van der Waals surface area contributed by atoms with E-state index in [-0.39, 0.29) is 11.5 Å². The van der Waals surface area contributed by atoms with Crippen molar-refractivity contribution < 1.29 is 18.3 Å². The number of hydrogen-bond acceptors (Lipinski definition) is 7. The molecule has 204 valence electrons. The summed E-state index contributed by atoms with van der Waals surface area (Å²) >= 11 is 0. The van der Waals surface area contributed by atoms with E-state index in [0.29, 0.717) is 45.6 Å². The van der Waals surface area contributed by atoms with E-state index in [4.69, 9.17) is 14.9 Å². The highest BCUT2D eigenvalue weighted by molar-refractivity contribution is 6.04. The standard InChI is InChI=1S/C31H24FN5O4/c1-18-26(19-4-2-5-21(33)16-19)27-29(40-18)34-17-35-30(27)41-24-13-9-22(10-14-24)36-28(38)25-6-3-15-37(31(25)39)23-11-7-20(32)8-12-23/h2-3,5-17,19H,4,33H2,1H3,(H,36,38). The van der Waals surface area contributed by atoms with Gasteiger partial charge in [0.1, 0.15) is 34.6 Å². The Morgan fingerprint density at radius 2 is 1.90 bits per heavy atom. The number of allylic oxidation sites excluding steroid dienone is 3. The average molecular weight is 550 g/mol. The fourth-order valence-corrected chi connectivity index (χ4v) is 4.86. The molecule has 1 aliphatic rings. The lowest BCUT2D eigenvalue weighted by molar-refractivity contribution is 0.102. The van der Waals surface area contributed by atoms with E-state index in [9.17, 15) is 14.0 Å². The van der Waals surface area contributed by atoms with Crippen molar-refractivity contribution in [2.24, 2.45) is 5.73 Å². The number of halogens is 1. The molecule has 0 radical (unpaired) electrons. The summed E-state index contributed by atoms with van der Waals surface area (Å²) < 4.78 is 26.6. The molecular formula is C31H24FN5O4. The molecule has 41 heavy (non-hydrogen) atoms. The maximum absolute atomic E-state index is 13.3. The van der Waals surface area contributed by atoms with Crippen LogP contribution in [0, 0.1) is 12.7 Å². The number of rotatable bonds is 6. The second kappa shape index (κ2) is 10.6. The molecule has 6 rings (SSSR count). The minimum atomic E-state index is -0.579. The van der Waals surface area contributed by atoms with Gasteiger partial charge < -0.3 is 20.2 Å². The fraction of sp³-hybridized carbons (Fsp3) is 0.0968. The predicted octanol–water partition coefficient (Wildman–Crippen LogP) is 5.75. The van der Waals surface area contributed by atoms with Gasteiger partial charge in [-0.3, -0.25) is 14.2 Å². The number of nitrogens with two attached hydrogens (primary N) is 1. The summed E-state index contributed by atoms with van der Waals surface area (Å²) in [4.78, 5) is 34.5. The van der Waals surface area contributed by atoms with Gasteiger partial charge in [0, 0.05) is 34.8 Å². The SMILES string of the molecule is Cc1oc2ncnc(Oc3ccc(NC(=O)c4cccn(-c5ccc(F)cc5)c4=O)cc3)c2c1C1C=C(N)C=CC1. The quantitative estimate of drug-likeness (QED) is 0.276. The summed E-state index contributed by atoms with van der Waals surface area (Å²) in [5.74, 6) is 0.530.